The standard InChI is InChI=1S/C23H34N2O2/c1-22(2,3)17-8-10-18(11-9-17)23(14-6-5-7-15-23)21(27)25(4)16-20(26)24-19-12-13-19/h8-11,19H,5-7,12-16H2,1-4H3,(H,24,26). The van der Waals surface area contributed by atoms with Crippen LogP contribution in [0.3, 0.4) is 0 Å². The predicted molar refractivity (Wildman–Crippen MR) is 109 cm³/mol. The third-order valence-corrected chi connectivity index (χ3v) is 6.09. The number of carbonyl (C=O) groups excluding carboxylic acids is 2. The number of hydrogen-bond acceptors (Lipinski definition) is 2. The van der Waals surface area contributed by atoms with Crippen LogP contribution in [0.25, 0.3) is 0 Å². The van der Waals surface area contributed by atoms with Gasteiger partial charge < -0.3 is 10.2 Å². The van der Waals surface area contributed by atoms with E-state index in [4.69, 9.17) is 0 Å². The van der Waals surface area contributed by atoms with Gasteiger partial charge in [-0.2, -0.15) is 0 Å². The Balaban J connectivity index is 1.80. The zero-order valence-electron chi connectivity index (χ0n) is 17.3. The molecule has 0 aromatic heterocycles. The number of rotatable bonds is 5. The lowest BCUT2D eigenvalue weighted by molar-refractivity contribution is -0.140. The topological polar surface area (TPSA) is 49.4 Å². The molecule has 2 fully saturated rings. The summed E-state index contributed by atoms with van der Waals surface area (Å²) >= 11 is 0. The third kappa shape index (κ3) is 4.53. The van der Waals surface area contributed by atoms with Crippen LogP contribution >= 0.6 is 0 Å². The van der Waals surface area contributed by atoms with Crippen LogP contribution in [-0.4, -0.2) is 36.3 Å². The smallest absolute Gasteiger partial charge is 0.239 e. The molecule has 4 nitrogen and oxygen atoms in total. The van der Waals surface area contributed by atoms with E-state index in [9.17, 15) is 9.59 Å². The molecule has 3 rings (SSSR count). The molecule has 0 heterocycles. The highest BCUT2D eigenvalue weighted by Gasteiger charge is 2.43. The lowest BCUT2D eigenvalue weighted by atomic mass is 9.68. The summed E-state index contributed by atoms with van der Waals surface area (Å²) in [5.74, 6) is 0.0547. The maximum Gasteiger partial charge on any atom is 0.239 e. The van der Waals surface area contributed by atoms with Gasteiger partial charge >= 0.3 is 0 Å². The first kappa shape index (κ1) is 19.9. The molecule has 1 N–H and O–H groups in total. The molecule has 148 valence electrons. The molecule has 0 radical (unpaired) electrons. The SMILES string of the molecule is CN(CC(=O)NC1CC1)C(=O)C1(c2ccc(C(C)(C)C)cc2)CCCCC1. The maximum absolute atomic E-state index is 13.5. The van der Waals surface area contributed by atoms with Gasteiger partial charge in [-0.15, -0.1) is 0 Å². The van der Waals surface area contributed by atoms with Gasteiger partial charge in [0.1, 0.15) is 0 Å². The second kappa shape index (κ2) is 7.65. The largest absolute Gasteiger partial charge is 0.352 e. The molecule has 27 heavy (non-hydrogen) atoms. The maximum atomic E-state index is 13.5. The van der Waals surface area contributed by atoms with Crippen LogP contribution in [0.5, 0.6) is 0 Å². The van der Waals surface area contributed by atoms with E-state index >= 15 is 0 Å². The molecule has 0 atom stereocenters. The van der Waals surface area contributed by atoms with Crippen molar-refractivity contribution in [3.8, 4) is 0 Å². The van der Waals surface area contributed by atoms with Crippen molar-refractivity contribution in [2.24, 2.45) is 0 Å². The fourth-order valence-corrected chi connectivity index (χ4v) is 4.22. The van der Waals surface area contributed by atoms with Crippen molar-refractivity contribution in [1.82, 2.24) is 10.2 Å². The van der Waals surface area contributed by atoms with Gasteiger partial charge in [0.2, 0.25) is 11.8 Å². The summed E-state index contributed by atoms with van der Waals surface area (Å²) in [6.45, 7) is 6.76. The molecule has 0 aliphatic heterocycles. The number of amides is 2. The zero-order chi connectivity index (χ0) is 19.7. The van der Waals surface area contributed by atoms with Crippen LogP contribution in [0.4, 0.5) is 0 Å². The Hall–Kier alpha value is -1.84. The van der Waals surface area contributed by atoms with Crippen molar-refractivity contribution in [3.63, 3.8) is 0 Å². The van der Waals surface area contributed by atoms with Gasteiger partial charge in [0, 0.05) is 13.1 Å². The third-order valence-electron chi connectivity index (χ3n) is 6.09. The lowest BCUT2D eigenvalue weighted by Gasteiger charge is -2.39. The van der Waals surface area contributed by atoms with E-state index in [1.165, 1.54) is 12.0 Å². The van der Waals surface area contributed by atoms with Gasteiger partial charge in [-0.3, -0.25) is 9.59 Å². The lowest BCUT2D eigenvalue weighted by Crippen LogP contribution is -2.49. The second-order valence-electron chi connectivity index (χ2n) is 9.47. The summed E-state index contributed by atoms with van der Waals surface area (Å²) in [4.78, 5) is 27.3. The second-order valence-corrected chi connectivity index (χ2v) is 9.47. The highest BCUT2D eigenvalue weighted by atomic mass is 16.2. The van der Waals surface area contributed by atoms with Crippen LogP contribution in [0.1, 0.15) is 76.8 Å². The average Bonchev–Trinajstić information content (AvgIpc) is 3.44. The Kier molecular flexibility index (Phi) is 5.64. The molecule has 1 aromatic carbocycles. The summed E-state index contributed by atoms with van der Waals surface area (Å²) in [5.41, 5.74) is 2.00. The van der Waals surface area contributed by atoms with Crippen molar-refractivity contribution < 1.29 is 9.59 Å². The van der Waals surface area contributed by atoms with Crippen molar-refractivity contribution in [3.05, 3.63) is 35.4 Å². The molecular weight excluding hydrogens is 336 g/mol. The van der Waals surface area contributed by atoms with E-state index in [0.29, 0.717) is 6.04 Å². The molecule has 2 aliphatic rings. The first-order chi connectivity index (χ1) is 12.7. The van der Waals surface area contributed by atoms with Gasteiger partial charge in [-0.1, -0.05) is 64.3 Å². The highest BCUT2D eigenvalue weighted by Crippen LogP contribution is 2.41. The number of nitrogens with one attached hydrogen (secondary N) is 1. The van der Waals surface area contributed by atoms with Crippen LogP contribution in [-0.2, 0) is 20.4 Å². The number of likely N-dealkylation sites (N-methyl/N-ethyl adjacent to an activating group) is 1. The van der Waals surface area contributed by atoms with E-state index < -0.39 is 5.41 Å². The Morgan fingerprint density at radius 2 is 1.67 bits per heavy atom. The molecule has 0 saturated heterocycles. The van der Waals surface area contributed by atoms with Gasteiger partial charge in [0.15, 0.2) is 0 Å². The molecule has 0 spiro atoms. The Labute approximate surface area is 163 Å². The number of hydrogen-bond donors (Lipinski definition) is 1. The fraction of sp³-hybridized carbons (Fsp3) is 0.652. The van der Waals surface area contributed by atoms with E-state index in [1.807, 2.05) is 0 Å². The number of carbonyl (C=O) groups is 2. The number of benzene rings is 1. The average molecular weight is 371 g/mol. The highest BCUT2D eigenvalue weighted by molar-refractivity contribution is 5.91. The minimum Gasteiger partial charge on any atom is -0.352 e. The predicted octanol–water partition coefficient (Wildman–Crippen LogP) is 3.92. The molecule has 2 amide bonds. The molecule has 2 saturated carbocycles. The van der Waals surface area contributed by atoms with Gasteiger partial charge in [-0.25, -0.2) is 0 Å². The first-order valence-corrected chi connectivity index (χ1v) is 10.4. The summed E-state index contributed by atoms with van der Waals surface area (Å²) < 4.78 is 0. The molecule has 1 aromatic rings. The minimum atomic E-state index is -0.483. The van der Waals surface area contributed by atoms with Crippen molar-refractivity contribution in [2.45, 2.75) is 82.6 Å². The molecular formula is C23H34N2O2. The van der Waals surface area contributed by atoms with Crippen LogP contribution < -0.4 is 5.32 Å². The Morgan fingerprint density at radius 3 is 2.19 bits per heavy atom. The Bertz CT molecular complexity index is 677. The fourth-order valence-electron chi connectivity index (χ4n) is 4.22. The van der Waals surface area contributed by atoms with Gasteiger partial charge in [-0.05, 0) is 42.2 Å². The molecule has 0 unspecified atom stereocenters. The number of nitrogens with zero attached hydrogens (tertiary/aromatic N) is 1. The van der Waals surface area contributed by atoms with E-state index in [2.05, 4.69) is 50.4 Å². The normalized spacial score (nSPS) is 19.4. The van der Waals surface area contributed by atoms with E-state index in [0.717, 1.165) is 44.1 Å². The van der Waals surface area contributed by atoms with Crippen LogP contribution in [0, 0.1) is 0 Å². The molecule has 0 bridgehead atoms. The summed E-state index contributed by atoms with van der Waals surface area (Å²) in [7, 11) is 1.77. The van der Waals surface area contributed by atoms with Crippen molar-refractivity contribution in [2.75, 3.05) is 13.6 Å². The van der Waals surface area contributed by atoms with Gasteiger partial charge in [0.25, 0.3) is 0 Å². The molecule has 2 aliphatic carbocycles. The summed E-state index contributed by atoms with van der Waals surface area (Å²) in [6.07, 6.45) is 7.18. The van der Waals surface area contributed by atoms with Crippen LogP contribution in [0.15, 0.2) is 24.3 Å². The van der Waals surface area contributed by atoms with Crippen molar-refractivity contribution >= 4 is 11.8 Å². The summed E-state index contributed by atoms with van der Waals surface area (Å²) in [5, 5.41) is 2.99. The summed E-state index contributed by atoms with van der Waals surface area (Å²) in [6, 6.07) is 8.94. The van der Waals surface area contributed by atoms with E-state index in [1.54, 1.807) is 11.9 Å². The quantitative estimate of drug-likeness (QED) is 0.854. The monoisotopic (exact) mass is 370 g/mol. The Morgan fingerprint density at radius 1 is 1.07 bits per heavy atom. The zero-order valence-corrected chi connectivity index (χ0v) is 17.3. The van der Waals surface area contributed by atoms with Gasteiger partial charge in [0.05, 0.1) is 12.0 Å². The van der Waals surface area contributed by atoms with Crippen molar-refractivity contribution in [1.29, 1.82) is 0 Å². The minimum absolute atomic E-state index is 0.0395. The molecule has 4 heteroatoms. The van der Waals surface area contributed by atoms with E-state index in [-0.39, 0.29) is 23.8 Å². The van der Waals surface area contributed by atoms with Crippen LogP contribution in [0.2, 0.25) is 0 Å². The first-order valence-electron chi connectivity index (χ1n) is 10.4.